The SMILES string of the molecule is CS(=O)(=O)N/N=C/[C@@H]1C=CC=CC1. The molecule has 1 atom stereocenters. The van der Waals surface area contributed by atoms with Crippen LogP contribution in [0.3, 0.4) is 0 Å². The zero-order valence-electron chi connectivity index (χ0n) is 7.34. The summed E-state index contributed by atoms with van der Waals surface area (Å²) in [6.07, 6.45) is 11.4. The fourth-order valence-corrected chi connectivity index (χ4v) is 1.18. The molecule has 1 aliphatic rings. The van der Waals surface area contributed by atoms with Crippen molar-refractivity contribution in [3.8, 4) is 0 Å². The summed E-state index contributed by atoms with van der Waals surface area (Å²) in [7, 11) is -3.21. The molecule has 1 N–H and O–H groups in total. The molecule has 0 radical (unpaired) electrons. The molecule has 0 saturated carbocycles. The summed E-state index contributed by atoms with van der Waals surface area (Å²) < 4.78 is 21.2. The molecule has 0 heterocycles. The minimum absolute atomic E-state index is 0.194. The predicted molar refractivity (Wildman–Crippen MR) is 52.9 cm³/mol. The second kappa shape index (κ2) is 4.23. The Morgan fingerprint density at radius 3 is 2.85 bits per heavy atom. The summed E-state index contributed by atoms with van der Waals surface area (Å²) in [5.41, 5.74) is 0. The lowest BCUT2D eigenvalue weighted by atomic mass is 10.0. The minimum Gasteiger partial charge on any atom is -0.206 e. The third kappa shape index (κ3) is 4.47. The zero-order chi connectivity index (χ0) is 9.73. The van der Waals surface area contributed by atoms with Crippen LogP contribution in [0.2, 0.25) is 0 Å². The van der Waals surface area contributed by atoms with Crippen LogP contribution < -0.4 is 4.83 Å². The van der Waals surface area contributed by atoms with Crippen molar-refractivity contribution in [1.29, 1.82) is 0 Å². The Kier molecular flexibility index (Phi) is 3.25. The van der Waals surface area contributed by atoms with Gasteiger partial charge in [0.2, 0.25) is 10.0 Å². The number of nitrogens with one attached hydrogen (secondary N) is 1. The van der Waals surface area contributed by atoms with Crippen LogP contribution in [-0.2, 0) is 10.0 Å². The number of rotatable bonds is 3. The molecule has 4 nitrogen and oxygen atoms in total. The number of allylic oxidation sites excluding steroid dienone is 4. The molecule has 0 aliphatic heterocycles. The van der Waals surface area contributed by atoms with Crippen LogP contribution in [0.25, 0.3) is 0 Å². The Balaban J connectivity index is 2.41. The van der Waals surface area contributed by atoms with Gasteiger partial charge in [0.1, 0.15) is 0 Å². The molecular weight excluding hydrogens is 188 g/mol. The van der Waals surface area contributed by atoms with Gasteiger partial charge in [0.05, 0.1) is 6.26 Å². The maximum absolute atomic E-state index is 10.6. The summed E-state index contributed by atoms with van der Waals surface area (Å²) in [5.74, 6) is 0.194. The van der Waals surface area contributed by atoms with Crippen LogP contribution in [0.5, 0.6) is 0 Å². The lowest BCUT2D eigenvalue weighted by Gasteiger charge is -2.05. The lowest BCUT2D eigenvalue weighted by molar-refractivity contribution is 0.590. The van der Waals surface area contributed by atoms with E-state index in [4.69, 9.17) is 0 Å². The van der Waals surface area contributed by atoms with Crippen LogP contribution in [0.4, 0.5) is 0 Å². The monoisotopic (exact) mass is 200 g/mol. The van der Waals surface area contributed by atoms with Gasteiger partial charge in [-0.05, 0) is 6.42 Å². The van der Waals surface area contributed by atoms with E-state index in [1.807, 2.05) is 24.3 Å². The van der Waals surface area contributed by atoms with Crippen LogP contribution >= 0.6 is 0 Å². The average Bonchev–Trinajstić information content (AvgIpc) is 2.04. The van der Waals surface area contributed by atoms with Crippen molar-refractivity contribution >= 4 is 16.2 Å². The highest BCUT2D eigenvalue weighted by Gasteiger charge is 2.01. The number of hydrazone groups is 1. The van der Waals surface area contributed by atoms with E-state index < -0.39 is 10.0 Å². The number of hydrogen-bond acceptors (Lipinski definition) is 3. The van der Waals surface area contributed by atoms with Gasteiger partial charge in [0.15, 0.2) is 0 Å². The van der Waals surface area contributed by atoms with E-state index in [9.17, 15) is 8.42 Å². The molecule has 0 aromatic rings. The second-order valence-electron chi connectivity index (χ2n) is 2.85. The summed E-state index contributed by atoms with van der Waals surface area (Å²) in [6, 6.07) is 0. The van der Waals surface area contributed by atoms with E-state index in [0.29, 0.717) is 0 Å². The highest BCUT2D eigenvalue weighted by Crippen LogP contribution is 2.07. The smallest absolute Gasteiger partial charge is 0.206 e. The van der Waals surface area contributed by atoms with Gasteiger partial charge in [-0.2, -0.15) is 5.10 Å². The lowest BCUT2D eigenvalue weighted by Crippen LogP contribution is -2.16. The third-order valence-corrected chi connectivity index (χ3v) is 1.94. The second-order valence-corrected chi connectivity index (χ2v) is 4.58. The first-order valence-electron chi connectivity index (χ1n) is 3.91. The quantitative estimate of drug-likeness (QED) is 0.537. The number of hydrogen-bond donors (Lipinski definition) is 1. The number of sulfonamides is 1. The molecule has 0 amide bonds. The molecular formula is C8H12N2O2S. The number of nitrogens with zero attached hydrogens (tertiary/aromatic N) is 1. The van der Waals surface area contributed by atoms with Crippen molar-refractivity contribution in [3.63, 3.8) is 0 Å². The highest BCUT2D eigenvalue weighted by atomic mass is 32.2. The summed E-state index contributed by atoms with van der Waals surface area (Å²) >= 11 is 0. The standard InChI is InChI=1S/C8H12N2O2S/c1-13(11,12)10-9-7-8-5-3-2-4-6-8/h2-5,7-8,10H,6H2,1H3/b9-7+/t8-/m1/s1. The van der Waals surface area contributed by atoms with Crippen molar-refractivity contribution in [1.82, 2.24) is 4.83 Å². The van der Waals surface area contributed by atoms with Crippen LogP contribution in [0.1, 0.15) is 6.42 Å². The molecule has 1 rings (SSSR count). The van der Waals surface area contributed by atoms with E-state index in [1.54, 1.807) is 6.21 Å². The van der Waals surface area contributed by atoms with Gasteiger partial charge in [-0.1, -0.05) is 24.3 Å². The molecule has 0 fully saturated rings. The Hall–Kier alpha value is -1.10. The first-order chi connectivity index (χ1) is 6.08. The molecule has 1 aliphatic carbocycles. The van der Waals surface area contributed by atoms with Gasteiger partial charge in [-0.15, -0.1) is 0 Å². The Morgan fingerprint density at radius 1 is 1.54 bits per heavy atom. The van der Waals surface area contributed by atoms with Gasteiger partial charge in [0.25, 0.3) is 0 Å². The maximum Gasteiger partial charge on any atom is 0.244 e. The predicted octanol–water partition coefficient (Wildman–Crippen LogP) is 0.654. The molecule has 13 heavy (non-hydrogen) atoms. The third-order valence-electron chi connectivity index (χ3n) is 1.50. The molecule has 0 spiro atoms. The molecule has 0 aromatic carbocycles. The fourth-order valence-electron chi connectivity index (χ4n) is 0.932. The van der Waals surface area contributed by atoms with Crippen molar-refractivity contribution in [2.24, 2.45) is 11.0 Å². The summed E-state index contributed by atoms with van der Waals surface area (Å²) in [6.45, 7) is 0. The van der Waals surface area contributed by atoms with Gasteiger partial charge >= 0.3 is 0 Å². The first kappa shape index (κ1) is 9.98. The fraction of sp³-hybridized carbons (Fsp3) is 0.375. The Morgan fingerprint density at radius 2 is 2.31 bits per heavy atom. The van der Waals surface area contributed by atoms with Crippen molar-refractivity contribution < 1.29 is 8.42 Å². The molecule has 0 bridgehead atoms. The molecule has 0 saturated heterocycles. The van der Waals surface area contributed by atoms with Crippen LogP contribution in [0, 0.1) is 5.92 Å². The van der Waals surface area contributed by atoms with Crippen molar-refractivity contribution in [2.45, 2.75) is 6.42 Å². The first-order valence-corrected chi connectivity index (χ1v) is 5.80. The molecule has 72 valence electrons. The highest BCUT2D eigenvalue weighted by molar-refractivity contribution is 7.88. The van der Waals surface area contributed by atoms with Gasteiger partial charge in [-0.25, -0.2) is 13.2 Å². The Labute approximate surface area is 78.1 Å². The van der Waals surface area contributed by atoms with E-state index in [2.05, 4.69) is 9.93 Å². The van der Waals surface area contributed by atoms with Gasteiger partial charge < -0.3 is 0 Å². The average molecular weight is 200 g/mol. The van der Waals surface area contributed by atoms with Crippen LogP contribution in [0.15, 0.2) is 29.4 Å². The van der Waals surface area contributed by atoms with E-state index in [0.717, 1.165) is 12.7 Å². The van der Waals surface area contributed by atoms with Crippen molar-refractivity contribution in [3.05, 3.63) is 24.3 Å². The maximum atomic E-state index is 10.6. The largest absolute Gasteiger partial charge is 0.244 e. The minimum atomic E-state index is -3.21. The Bertz CT molecular complexity index is 341. The van der Waals surface area contributed by atoms with E-state index in [1.165, 1.54) is 0 Å². The molecule has 0 aromatic heterocycles. The van der Waals surface area contributed by atoms with Gasteiger partial charge in [-0.3, -0.25) is 0 Å². The van der Waals surface area contributed by atoms with Gasteiger partial charge in [0, 0.05) is 12.1 Å². The topological polar surface area (TPSA) is 58.5 Å². The zero-order valence-corrected chi connectivity index (χ0v) is 8.16. The van der Waals surface area contributed by atoms with E-state index >= 15 is 0 Å². The normalized spacial score (nSPS) is 22.4. The molecule has 5 heteroatoms. The van der Waals surface area contributed by atoms with E-state index in [-0.39, 0.29) is 5.92 Å². The molecule has 0 unspecified atom stereocenters. The summed E-state index contributed by atoms with van der Waals surface area (Å²) in [5, 5.41) is 3.62. The summed E-state index contributed by atoms with van der Waals surface area (Å²) in [4.78, 5) is 2.05. The van der Waals surface area contributed by atoms with Crippen molar-refractivity contribution in [2.75, 3.05) is 6.26 Å². The van der Waals surface area contributed by atoms with Crippen LogP contribution in [-0.4, -0.2) is 20.9 Å².